The number of phenols is 1. The summed E-state index contributed by atoms with van der Waals surface area (Å²) in [5.74, 6) is 2.50. The van der Waals surface area contributed by atoms with Crippen molar-refractivity contribution in [1.29, 1.82) is 0 Å². The Bertz CT molecular complexity index is 585. The molecule has 1 aromatic carbocycles. The van der Waals surface area contributed by atoms with E-state index < -0.39 is 0 Å². The largest absolute Gasteiger partial charge is 0.507 e. The summed E-state index contributed by atoms with van der Waals surface area (Å²) in [5, 5.41) is 10.1. The van der Waals surface area contributed by atoms with E-state index in [1.54, 1.807) is 6.07 Å². The zero-order valence-electron chi connectivity index (χ0n) is 14.3. The molecule has 0 aliphatic rings. The highest BCUT2D eigenvalue weighted by molar-refractivity contribution is 5.63. The van der Waals surface area contributed by atoms with E-state index in [1.807, 2.05) is 18.2 Å². The lowest BCUT2D eigenvalue weighted by atomic mass is 10.1. The van der Waals surface area contributed by atoms with Crippen LogP contribution in [0.25, 0.3) is 11.4 Å². The van der Waals surface area contributed by atoms with E-state index in [2.05, 4.69) is 28.8 Å². The first kappa shape index (κ1) is 17.4. The van der Waals surface area contributed by atoms with Crippen LogP contribution in [-0.2, 0) is 12.8 Å². The van der Waals surface area contributed by atoms with Crippen LogP contribution in [0.1, 0.15) is 64.0 Å². The van der Waals surface area contributed by atoms with Gasteiger partial charge in [-0.3, -0.25) is 0 Å². The van der Waals surface area contributed by atoms with E-state index in [4.69, 9.17) is 0 Å². The van der Waals surface area contributed by atoms with Gasteiger partial charge in [-0.2, -0.15) is 0 Å². The molecule has 0 fully saturated rings. The second kappa shape index (κ2) is 9.23. The highest BCUT2D eigenvalue weighted by Crippen LogP contribution is 2.26. The molecule has 1 heterocycles. The molecule has 0 radical (unpaired) electrons. The molecule has 0 aliphatic heterocycles. The number of hydrogen-bond acceptors (Lipinski definition) is 4. The van der Waals surface area contributed by atoms with E-state index in [0.29, 0.717) is 11.4 Å². The Morgan fingerprint density at radius 2 is 1.35 bits per heavy atom. The van der Waals surface area contributed by atoms with Crippen LogP contribution in [0.5, 0.6) is 5.75 Å². The summed E-state index contributed by atoms with van der Waals surface area (Å²) in [5.41, 5.74) is 0.684. The van der Waals surface area contributed by atoms with Crippen LogP contribution in [0.4, 0.5) is 0 Å². The van der Waals surface area contributed by atoms with Crippen LogP contribution in [0.2, 0.25) is 0 Å². The standard InChI is InChI=1S/C19H27N3O/c1-3-5-7-13-17-20-18(14-8-6-4-2)22-19(21-17)15-11-9-10-12-16(15)23/h9-12,23H,3-8,13-14H2,1-2H3. The van der Waals surface area contributed by atoms with E-state index in [9.17, 15) is 5.11 Å². The van der Waals surface area contributed by atoms with Crippen molar-refractivity contribution < 1.29 is 5.11 Å². The lowest BCUT2D eigenvalue weighted by Crippen LogP contribution is -2.06. The van der Waals surface area contributed by atoms with Crippen LogP contribution < -0.4 is 0 Å². The Morgan fingerprint density at radius 1 is 0.783 bits per heavy atom. The fraction of sp³-hybridized carbons (Fsp3) is 0.526. The molecule has 0 spiro atoms. The minimum absolute atomic E-state index is 0.220. The molecular weight excluding hydrogens is 286 g/mol. The van der Waals surface area contributed by atoms with Crippen LogP contribution in [0.15, 0.2) is 24.3 Å². The van der Waals surface area contributed by atoms with Gasteiger partial charge in [0.1, 0.15) is 17.4 Å². The number of unbranched alkanes of at least 4 members (excludes halogenated alkanes) is 4. The van der Waals surface area contributed by atoms with E-state index >= 15 is 0 Å². The van der Waals surface area contributed by atoms with Crippen LogP contribution in [0, 0.1) is 0 Å². The topological polar surface area (TPSA) is 58.9 Å². The van der Waals surface area contributed by atoms with Crippen molar-refractivity contribution in [3.05, 3.63) is 35.9 Å². The molecule has 23 heavy (non-hydrogen) atoms. The zero-order valence-corrected chi connectivity index (χ0v) is 14.3. The van der Waals surface area contributed by atoms with Gasteiger partial charge in [0.2, 0.25) is 0 Å². The van der Waals surface area contributed by atoms with Gasteiger partial charge >= 0.3 is 0 Å². The lowest BCUT2D eigenvalue weighted by molar-refractivity contribution is 0.476. The van der Waals surface area contributed by atoms with Crippen molar-refractivity contribution in [1.82, 2.24) is 15.0 Å². The first-order valence-corrected chi connectivity index (χ1v) is 8.76. The predicted octanol–water partition coefficient (Wildman–Crippen LogP) is 4.71. The average Bonchev–Trinajstić information content (AvgIpc) is 2.56. The average molecular weight is 313 g/mol. The van der Waals surface area contributed by atoms with Gasteiger partial charge in [0.15, 0.2) is 5.82 Å². The first-order chi connectivity index (χ1) is 11.2. The van der Waals surface area contributed by atoms with Crippen molar-refractivity contribution >= 4 is 0 Å². The molecule has 4 nitrogen and oxygen atoms in total. The molecule has 0 bridgehead atoms. The van der Waals surface area contributed by atoms with Gasteiger partial charge in [-0.15, -0.1) is 0 Å². The fourth-order valence-corrected chi connectivity index (χ4v) is 2.54. The molecule has 0 amide bonds. The number of phenolic OH excluding ortho intramolecular Hbond substituents is 1. The summed E-state index contributed by atoms with van der Waals surface area (Å²) in [6, 6.07) is 7.24. The summed E-state index contributed by atoms with van der Waals surface area (Å²) < 4.78 is 0. The van der Waals surface area contributed by atoms with Crippen LogP contribution in [-0.4, -0.2) is 20.1 Å². The summed E-state index contributed by atoms with van der Waals surface area (Å²) >= 11 is 0. The molecule has 0 aliphatic carbocycles. The van der Waals surface area contributed by atoms with Gasteiger partial charge in [0.05, 0.1) is 5.56 Å². The SMILES string of the molecule is CCCCCc1nc(CCCCC)nc(-c2ccccc2O)n1. The second-order valence-corrected chi connectivity index (χ2v) is 5.92. The fourth-order valence-electron chi connectivity index (χ4n) is 2.54. The number of para-hydroxylation sites is 1. The number of aromatic hydroxyl groups is 1. The third kappa shape index (κ3) is 5.31. The highest BCUT2D eigenvalue weighted by atomic mass is 16.3. The molecule has 0 atom stereocenters. The first-order valence-electron chi connectivity index (χ1n) is 8.76. The molecule has 0 saturated carbocycles. The van der Waals surface area contributed by atoms with Crippen LogP contribution in [0.3, 0.4) is 0 Å². The number of rotatable bonds is 9. The lowest BCUT2D eigenvalue weighted by Gasteiger charge is -2.08. The third-order valence-electron chi connectivity index (χ3n) is 3.88. The number of benzene rings is 1. The minimum atomic E-state index is 0.220. The maximum Gasteiger partial charge on any atom is 0.167 e. The molecule has 0 saturated heterocycles. The Labute approximate surface area is 139 Å². The van der Waals surface area contributed by atoms with Crippen molar-refractivity contribution in [2.24, 2.45) is 0 Å². The number of nitrogens with zero attached hydrogens (tertiary/aromatic N) is 3. The van der Waals surface area contributed by atoms with Gasteiger partial charge in [0, 0.05) is 12.8 Å². The van der Waals surface area contributed by atoms with Crippen molar-refractivity contribution in [2.75, 3.05) is 0 Å². The smallest absolute Gasteiger partial charge is 0.167 e. The number of hydrogen-bond donors (Lipinski definition) is 1. The monoisotopic (exact) mass is 313 g/mol. The van der Waals surface area contributed by atoms with E-state index in [1.165, 1.54) is 25.7 Å². The Morgan fingerprint density at radius 3 is 1.87 bits per heavy atom. The minimum Gasteiger partial charge on any atom is -0.507 e. The molecule has 1 aromatic heterocycles. The number of aromatic nitrogens is 3. The van der Waals surface area contributed by atoms with E-state index in [0.717, 1.165) is 37.3 Å². The molecule has 4 heteroatoms. The molecule has 2 aromatic rings. The van der Waals surface area contributed by atoms with Gasteiger partial charge in [-0.1, -0.05) is 51.7 Å². The molecule has 0 unspecified atom stereocenters. The van der Waals surface area contributed by atoms with Gasteiger partial charge in [-0.05, 0) is 25.0 Å². The summed E-state index contributed by atoms with van der Waals surface area (Å²) in [6.45, 7) is 4.38. The highest BCUT2D eigenvalue weighted by Gasteiger charge is 2.11. The summed E-state index contributed by atoms with van der Waals surface area (Å²) in [6.07, 6.45) is 8.66. The second-order valence-electron chi connectivity index (χ2n) is 5.92. The molecular formula is C19H27N3O. The molecule has 1 N–H and O–H groups in total. The summed E-state index contributed by atoms with van der Waals surface area (Å²) in [7, 11) is 0. The number of aryl methyl sites for hydroxylation is 2. The Hall–Kier alpha value is -1.97. The summed E-state index contributed by atoms with van der Waals surface area (Å²) in [4.78, 5) is 13.8. The quantitative estimate of drug-likeness (QED) is 0.681. The Kier molecular flexibility index (Phi) is 6.98. The molecule has 2 rings (SSSR count). The normalized spacial score (nSPS) is 10.9. The van der Waals surface area contributed by atoms with Gasteiger partial charge < -0.3 is 5.11 Å². The molecule has 124 valence electrons. The van der Waals surface area contributed by atoms with Crippen LogP contribution >= 0.6 is 0 Å². The predicted molar refractivity (Wildman–Crippen MR) is 93.4 cm³/mol. The van der Waals surface area contributed by atoms with E-state index in [-0.39, 0.29) is 5.75 Å². The van der Waals surface area contributed by atoms with Crippen molar-refractivity contribution in [2.45, 2.75) is 65.2 Å². The van der Waals surface area contributed by atoms with Crippen molar-refractivity contribution in [3.8, 4) is 17.1 Å². The van der Waals surface area contributed by atoms with Crippen molar-refractivity contribution in [3.63, 3.8) is 0 Å². The van der Waals surface area contributed by atoms with Gasteiger partial charge in [-0.25, -0.2) is 15.0 Å². The maximum atomic E-state index is 10.1. The Balaban J connectivity index is 2.26. The zero-order chi connectivity index (χ0) is 16.5. The maximum absolute atomic E-state index is 10.1. The third-order valence-corrected chi connectivity index (χ3v) is 3.88. The van der Waals surface area contributed by atoms with Gasteiger partial charge in [0.25, 0.3) is 0 Å².